The molecule has 37 heavy (non-hydrogen) atoms. The van der Waals surface area contributed by atoms with E-state index in [9.17, 15) is 0 Å². The van der Waals surface area contributed by atoms with Crippen LogP contribution in [0.25, 0.3) is 33.6 Å². The van der Waals surface area contributed by atoms with E-state index in [0.29, 0.717) is 10.8 Å². The molecule has 1 heteroatoms. The van der Waals surface area contributed by atoms with Gasteiger partial charge in [0.2, 0.25) is 0 Å². The predicted molar refractivity (Wildman–Crippen MR) is 155 cm³/mol. The standard InChI is InChI=1S/C36H33N/c1-2-25-11-13-28(14-12-25)35-20-26-19-27(21-35)23-36(22-26,24-35)29-15-17-30(18-16-29)37-33-9-5-3-7-31(33)32-8-4-6-10-34(32)37/h2-18,26-27H,1,19-24H2. The van der Waals surface area contributed by atoms with Crippen molar-refractivity contribution >= 4 is 27.9 Å². The fourth-order valence-electron chi connectivity index (χ4n) is 9.08. The number of para-hydroxylation sites is 2. The molecule has 1 heterocycles. The monoisotopic (exact) mass is 479 g/mol. The number of benzene rings is 4. The van der Waals surface area contributed by atoms with Gasteiger partial charge in [-0.05, 0) is 102 Å². The Kier molecular flexibility index (Phi) is 4.48. The highest BCUT2D eigenvalue weighted by molar-refractivity contribution is 6.09. The molecule has 4 bridgehead atoms. The summed E-state index contributed by atoms with van der Waals surface area (Å²) in [7, 11) is 0. The van der Waals surface area contributed by atoms with E-state index in [-0.39, 0.29) is 0 Å². The van der Waals surface area contributed by atoms with Crippen LogP contribution in [-0.4, -0.2) is 4.57 Å². The van der Waals surface area contributed by atoms with Crippen LogP contribution in [-0.2, 0) is 10.8 Å². The molecule has 0 amide bonds. The summed E-state index contributed by atoms with van der Waals surface area (Å²) in [6.07, 6.45) is 10.2. The SMILES string of the molecule is C=Cc1ccc(C23CC4CC(C2)CC(c2ccc(-n5c6ccccc6c6ccccc65)cc2)(C4)C3)cc1. The third-order valence-corrected chi connectivity index (χ3v) is 10.1. The van der Waals surface area contributed by atoms with E-state index in [4.69, 9.17) is 0 Å². The number of aromatic nitrogens is 1. The van der Waals surface area contributed by atoms with Crippen molar-refractivity contribution in [2.45, 2.75) is 49.4 Å². The van der Waals surface area contributed by atoms with Crippen molar-refractivity contribution in [2.75, 3.05) is 0 Å². The van der Waals surface area contributed by atoms with Crippen LogP contribution >= 0.6 is 0 Å². The Morgan fingerprint density at radius 2 is 1.11 bits per heavy atom. The Morgan fingerprint density at radius 3 is 1.62 bits per heavy atom. The van der Waals surface area contributed by atoms with Crippen LogP contribution in [0.4, 0.5) is 0 Å². The summed E-state index contributed by atoms with van der Waals surface area (Å²) in [5.41, 5.74) is 8.86. The van der Waals surface area contributed by atoms with Crippen LogP contribution in [0.1, 0.15) is 55.2 Å². The highest BCUT2D eigenvalue weighted by Gasteiger charge is 2.58. The van der Waals surface area contributed by atoms with Crippen molar-refractivity contribution in [3.63, 3.8) is 0 Å². The van der Waals surface area contributed by atoms with Crippen LogP contribution in [0, 0.1) is 11.8 Å². The summed E-state index contributed by atoms with van der Waals surface area (Å²) in [6, 6.07) is 36.7. The van der Waals surface area contributed by atoms with E-state index in [2.05, 4.69) is 108 Å². The Bertz CT molecular complexity index is 1580. The first-order valence-electron chi connectivity index (χ1n) is 14.0. The highest BCUT2D eigenvalue weighted by atomic mass is 15.0. The van der Waals surface area contributed by atoms with E-state index in [1.165, 1.54) is 71.6 Å². The quantitative estimate of drug-likeness (QED) is 0.242. The lowest BCUT2D eigenvalue weighted by Gasteiger charge is -2.63. The van der Waals surface area contributed by atoms with E-state index in [1.807, 2.05) is 6.08 Å². The van der Waals surface area contributed by atoms with Crippen molar-refractivity contribution in [2.24, 2.45) is 11.8 Å². The molecule has 1 aromatic heterocycles. The van der Waals surface area contributed by atoms with Gasteiger partial charge in [-0.25, -0.2) is 0 Å². The third kappa shape index (κ3) is 3.10. The molecular formula is C36H33N. The summed E-state index contributed by atoms with van der Waals surface area (Å²) in [4.78, 5) is 0. The molecule has 0 spiro atoms. The van der Waals surface area contributed by atoms with Crippen molar-refractivity contribution < 1.29 is 0 Å². The number of nitrogens with zero attached hydrogens (tertiary/aromatic N) is 1. The molecule has 1 nitrogen and oxygen atoms in total. The molecule has 4 saturated carbocycles. The van der Waals surface area contributed by atoms with E-state index >= 15 is 0 Å². The molecule has 0 aliphatic heterocycles. The highest BCUT2D eigenvalue weighted by Crippen LogP contribution is 2.66. The van der Waals surface area contributed by atoms with Crippen molar-refractivity contribution in [3.8, 4) is 5.69 Å². The molecule has 9 rings (SSSR count). The first-order valence-corrected chi connectivity index (χ1v) is 14.0. The summed E-state index contributed by atoms with van der Waals surface area (Å²) in [6.45, 7) is 3.96. The van der Waals surface area contributed by atoms with Gasteiger partial charge >= 0.3 is 0 Å². The first kappa shape index (κ1) is 21.5. The number of hydrogen-bond donors (Lipinski definition) is 0. The minimum atomic E-state index is 0.320. The molecule has 182 valence electrons. The maximum Gasteiger partial charge on any atom is 0.0541 e. The minimum absolute atomic E-state index is 0.320. The fraction of sp³-hybridized carbons (Fsp3) is 0.278. The van der Waals surface area contributed by atoms with E-state index in [1.54, 1.807) is 11.1 Å². The average Bonchev–Trinajstić information content (AvgIpc) is 3.27. The smallest absolute Gasteiger partial charge is 0.0541 e. The van der Waals surface area contributed by atoms with Crippen molar-refractivity contribution in [1.29, 1.82) is 0 Å². The lowest BCUT2D eigenvalue weighted by Crippen LogP contribution is -2.55. The first-order chi connectivity index (χ1) is 18.2. The van der Waals surface area contributed by atoms with Crippen LogP contribution in [0.3, 0.4) is 0 Å². The molecular weight excluding hydrogens is 446 g/mol. The molecule has 4 aromatic carbocycles. The Balaban J connectivity index is 1.21. The second-order valence-corrected chi connectivity index (χ2v) is 12.3. The molecule has 2 atom stereocenters. The van der Waals surface area contributed by atoms with Crippen molar-refractivity contribution in [1.82, 2.24) is 4.57 Å². The van der Waals surface area contributed by atoms with Crippen LogP contribution < -0.4 is 0 Å². The molecule has 0 saturated heterocycles. The van der Waals surface area contributed by atoms with Crippen LogP contribution in [0.15, 0.2) is 104 Å². The Hall–Kier alpha value is -3.58. The molecule has 2 unspecified atom stereocenters. The lowest BCUT2D eigenvalue weighted by atomic mass is 9.42. The molecule has 4 aliphatic rings. The number of fused-ring (bicyclic) bond motifs is 3. The van der Waals surface area contributed by atoms with Gasteiger partial charge in [0.25, 0.3) is 0 Å². The Labute approximate surface area is 219 Å². The lowest BCUT2D eigenvalue weighted by molar-refractivity contribution is -0.0281. The maximum absolute atomic E-state index is 3.96. The van der Waals surface area contributed by atoms with Gasteiger partial charge in [-0.3, -0.25) is 0 Å². The van der Waals surface area contributed by atoms with Gasteiger partial charge in [0.05, 0.1) is 11.0 Å². The number of hydrogen-bond acceptors (Lipinski definition) is 0. The number of rotatable bonds is 4. The second kappa shape index (κ2) is 7.71. The van der Waals surface area contributed by atoms with Gasteiger partial charge in [0.15, 0.2) is 0 Å². The predicted octanol–water partition coefficient (Wildman–Crippen LogP) is 9.22. The van der Waals surface area contributed by atoms with Gasteiger partial charge in [-0.15, -0.1) is 0 Å². The molecule has 5 aromatic rings. The molecule has 0 radical (unpaired) electrons. The zero-order valence-corrected chi connectivity index (χ0v) is 21.4. The summed E-state index contributed by atoms with van der Waals surface area (Å²) >= 11 is 0. The fourth-order valence-corrected chi connectivity index (χ4v) is 9.08. The molecule has 4 aliphatic carbocycles. The van der Waals surface area contributed by atoms with Crippen LogP contribution in [0.5, 0.6) is 0 Å². The third-order valence-electron chi connectivity index (χ3n) is 10.1. The maximum atomic E-state index is 3.96. The summed E-state index contributed by atoms with van der Waals surface area (Å²) in [5, 5.41) is 2.65. The van der Waals surface area contributed by atoms with Crippen LogP contribution in [0.2, 0.25) is 0 Å². The van der Waals surface area contributed by atoms with Gasteiger partial charge in [0.1, 0.15) is 0 Å². The minimum Gasteiger partial charge on any atom is -0.309 e. The van der Waals surface area contributed by atoms with Gasteiger partial charge in [-0.1, -0.05) is 85.5 Å². The normalized spacial score (nSPS) is 28.2. The van der Waals surface area contributed by atoms with Crippen molar-refractivity contribution in [3.05, 3.63) is 120 Å². The van der Waals surface area contributed by atoms with Gasteiger partial charge in [0, 0.05) is 16.5 Å². The zero-order chi connectivity index (χ0) is 24.6. The molecule has 0 N–H and O–H groups in total. The van der Waals surface area contributed by atoms with Gasteiger partial charge in [-0.2, -0.15) is 0 Å². The second-order valence-electron chi connectivity index (χ2n) is 12.3. The van der Waals surface area contributed by atoms with Gasteiger partial charge < -0.3 is 4.57 Å². The molecule has 4 fully saturated rings. The zero-order valence-electron chi connectivity index (χ0n) is 21.4. The topological polar surface area (TPSA) is 4.93 Å². The van der Waals surface area contributed by atoms with E-state index in [0.717, 1.165) is 11.8 Å². The van der Waals surface area contributed by atoms with E-state index < -0.39 is 0 Å². The largest absolute Gasteiger partial charge is 0.309 e. The average molecular weight is 480 g/mol. The summed E-state index contributed by atoms with van der Waals surface area (Å²) in [5.74, 6) is 1.72. The Morgan fingerprint density at radius 1 is 0.622 bits per heavy atom. The summed E-state index contributed by atoms with van der Waals surface area (Å²) < 4.78 is 2.44.